The van der Waals surface area contributed by atoms with Gasteiger partial charge in [-0.2, -0.15) is 0 Å². The van der Waals surface area contributed by atoms with Gasteiger partial charge in [0, 0.05) is 18.2 Å². The van der Waals surface area contributed by atoms with Gasteiger partial charge in [-0.05, 0) is 61.7 Å². The highest BCUT2D eigenvalue weighted by Gasteiger charge is 2.30. The van der Waals surface area contributed by atoms with Gasteiger partial charge in [0.1, 0.15) is 11.6 Å². The van der Waals surface area contributed by atoms with Crippen LogP contribution in [0.3, 0.4) is 0 Å². The van der Waals surface area contributed by atoms with Crippen molar-refractivity contribution in [3.8, 4) is 5.75 Å². The molecule has 0 aliphatic carbocycles. The number of halogens is 1. The number of pyridine rings is 1. The van der Waals surface area contributed by atoms with E-state index in [0.717, 1.165) is 30.5 Å². The van der Waals surface area contributed by atoms with Crippen LogP contribution in [0.2, 0.25) is 0 Å². The normalized spacial score (nSPS) is 19.8. The maximum atomic E-state index is 13.5. The molecule has 2 N–H and O–H groups in total. The minimum absolute atomic E-state index is 0.0675. The number of benzene rings is 1. The molecular weight excluding hydrogens is 279 g/mol. The van der Waals surface area contributed by atoms with Gasteiger partial charge >= 0.3 is 0 Å². The molecule has 0 radical (unpaired) electrons. The van der Waals surface area contributed by atoms with Crippen LogP contribution in [0.15, 0.2) is 36.5 Å². The van der Waals surface area contributed by atoms with E-state index in [4.69, 9.17) is 0 Å². The lowest BCUT2D eigenvalue weighted by Crippen LogP contribution is -2.39. The zero-order valence-electron chi connectivity index (χ0n) is 12.7. The van der Waals surface area contributed by atoms with Crippen LogP contribution < -0.4 is 5.32 Å². The quantitative estimate of drug-likeness (QED) is 0.912. The van der Waals surface area contributed by atoms with Gasteiger partial charge in [0.15, 0.2) is 0 Å². The lowest BCUT2D eigenvalue weighted by atomic mass is 9.82. The third-order valence-electron chi connectivity index (χ3n) is 4.43. The van der Waals surface area contributed by atoms with Crippen molar-refractivity contribution in [1.82, 2.24) is 10.3 Å². The molecule has 0 spiro atoms. The summed E-state index contributed by atoms with van der Waals surface area (Å²) < 4.78 is 13.5. The summed E-state index contributed by atoms with van der Waals surface area (Å²) in [5.74, 6) is -0.104. The summed E-state index contributed by atoms with van der Waals surface area (Å²) in [6.07, 6.45) is 5.04. The van der Waals surface area contributed by atoms with Crippen LogP contribution in [0.1, 0.15) is 42.0 Å². The Balaban J connectivity index is 2.08. The molecule has 2 unspecified atom stereocenters. The summed E-state index contributed by atoms with van der Waals surface area (Å²) in [4.78, 5) is 4.41. The Morgan fingerprint density at radius 1 is 1.32 bits per heavy atom. The Morgan fingerprint density at radius 3 is 2.86 bits per heavy atom. The van der Waals surface area contributed by atoms with Crippen molar-refractivity contribution in [2.75, 3.05) is 6.54 Å². The highest BCUT2D eigenvalue weighted by Crippen LogP contribution is 2.36. The Kier molecular flexibility index (Phi) is 4.39. The Bertz CT molecular complexity index is 653. The fourth-order valence-electron chi connectivity index (χ4n) is 3.35. The molecular formula is C18H21FN2O. The third kappa shape index (κ3) is 2.97. The summed E-state index contributed by atoms with van der Waals surface area (Å²) in [5.41, 5.74) is 2.58. The van der Waals surface area contributed by atoms with Crippen LogP contribution in [0.25, 0.3) is 0 Å². The van der Waals surface area contributed by atoms with E-state index < -0.39 is 0 Å². The van der Waals surface area contributed by atoms with Crippen molar-refractivity contribution in [3.05, 3.63) is 59.2 Å². The standard InChI is InChI=1S/C18H21FN2O/c1-12-11-13(19)7-8-14(12)17(15-5-2-3-9-20-15)18-16(22)6-4-10-21-18/h4,6-8,10-11,15,17,20,22H,2-3,5,9H2,1H3. The highest BCUT2D eigenvalue weighted by atomic mass is 19.1. The lowest BCUT2D eigenvalue weighted by Gasteiger charge is -2.32. The minimum atomic E-state index is -0.234. The molecule has 1 aliphatic rings. The second-order valence-corrected chi connectivity index (χ2v) is 5.94. The van der Waals surface area contributed by atoms with Crippen molar-refractivity contribution in [2.45, 2.75) is 38.1 Å². The van der Waals surface area contributed by atoms with Crippen LogP contribution in [0.4, 0.5) is 4.39 Å². The zero-order chi connectivity index (χ0) is 15.5. The number of piperidine rings is 1. The maximum Gasteiger partial charge on any atom is 0.137 e. The monoisotopic (exact) mass is 300 g/mol. The average molecular weight is 300 g/mol. The molecule has 0 bridgehead atoms. The van der Waals surface area contributed by atoms with E-state index in [2.05, 4.69) is 10.3 Å². The molecule has 1 fully saturated rings. The van der Waals surface area contributed by atoms with Gasteiger partial charge in [0.2, 0.25) is 0 Å². The molecule has 4 heteroatoms. The first-order valence-electron chi connectivity index (χ1n) is 7.80. The fraction of sp³-hybridized carbons (Fsp3) is 0.389. The zero-order valence-corrected chi connectivity index (χ0v) is 12.7. The molecule has 0 saturated carbocycles. The summed E-state index contributed by atoms with van der Waals surface area (Å²) in [5, 5.41) is 13.8. The van der Waals surface area contributed by atoms with Crippen molar-refractivity contribution in [3.63, 3.8) is 0 Å². The number of nitrogens with one attached hydrogen (secondary N) is 1. The number of nitrogens with zero attached hydrogens (tertiary/aromatic N) is 1. The second kappa shape index (κ2) is 6.44. The average Bonchev–Trinajstić information content (AvgIpc) is 2.52. The maximum absolute atomic E-state index is 13.5. The summed E-state index contributed by atoms with van der Waals surface area (Å²) >= 11 is 0. The molecule has 1 aromatic heterocycles. The molecule has 2 atom stereocenters. The Morgan fingerprint density at radius 2 is 2.18 bits per heavy atom. The number of aryl methyl sites for hydroxylation is 1. The molecule has 3 rings (SSSR count). The van der Waals surface area contributed by atoms with Crippen LogP contribution in [-0.4, -0.2) is 22.7 Å². The summed E-state index contributed by atoms with van der Waals surface area (Å²) in [6.45, 7) is 2.88. The molecule has 1 aliphatic heterocycles. The first-order chi connectivity index (χ1) is 10.7. The number of rotatable bonds is 3. The van der Waals surface area contributed by atoms with Gasteiger partial charge in [0.05, 0.1) is 5.69 Å². The molecule has 2 heterocycles. The van der Waals surface area contributed by atoms with E-state index in [9.17, 15) is 9.50 Å². The van der Waals surface area contributed by atoms with Gasteiger partial charge in [0.25, 0.3) is 0 Å². The number of hydrogen-bond donors (Lipinski definition) is 2. The van der Waals surface area contributed by atoms with Crippen LogP contribution in [-0.2, 0) is 0 Å². The van der Waals surface area contributed by atoms with Crippen molar-refractivity contribution in [2.24, 2.45) is 0 Å². The van der Waals surface area contributed by atoms with Crippen molar-refractivity contribution in [1.29, 1.82) is 0 Å². The van der Waals surface area contributed by atoms with E-state index in [-0.39, 0.29) is 23.5 Å². The van der Waals surface area contributed by atoms with E-state index in [0.29, 0.717) is 5.69 Å². The summed E-state index contributed by atoms with van der Waals surface area (Å²) in [6, 6.07) is 8.44. The number of aromatic hydroxyl groups is 1. The van der Waals surface area contributed by atoms with E-state index in [1.807, 2.05) is 13.0 Å². The van der Waals surface area contributed by atoms with Crippen LogP contribution in [0, 0.1) is 12.7 Å². The van der Waals surface area contributed by atoms with Gasteiger partial charge in [-0.1, -0.05) is 12.5 Å². The third-order valence-corrected chi connectivity index (χ3v) is 4.43. The first-order valence-corrected chi connectivity index (χ1v) is 7.80. The summed E-state index contributed by atoms with van der Waals surface area (Å²) in [7, 11) is 0. The van der Waals surface area contributed by atoms with Gasteiger partial charge in [-0.25, -0.2) is 4.39 Å². The lowest BCUT2D eigenvalue weighted by molar-refractivity contribution is 0.360. The minimum Gasteiger partial charge on any atom is -0.506 e. The van der Waals surface area contributed by atoms with Crippen molar-refractivity contribution >= 4 is 0 Å². The Labute approximate surface area is 130 Å². The van der Waals surface area contributed by atoms with E-state index in [1.54, 1.807) is 24.4 Å². The predicted octanol–water partition coefficient (Wildman–Crippen LogP) is 3.51. The highest BCUT2D eigenvalue weighted by molar-refractivity contribution is 5.41. The predicted molar refractivity (Wildman–Crippen MR) is 84.5 cm³/mol. The fourth-order valence-corrected chi connectivity index (χ4v) is 3.35. The molecule has 0 amide bonds. The number of aromatic nitrogens is 1. The molecule has 1 saturated heterocycles. The number of hydrogen-bond acceptors (Lipinski definition) is 3. The molecule has 116 valence electrons. The molecule has 1 aromatic carbocycles. The Hall–Kier alpha value is -1.94. The van der Waals surface area contributed by atoms with E-state index in [1.165, 1.54) is 12.5 Å². The second-order valence-electron chi connectivity index (χ2n) is 5.94. The van der Waals surface area contributed by atoms with Gasteiger partial charge in [-0.15, -0.1) is 0 Å². The topological polar surface area (TPSA) is 45.2 Å². The van der Waals surface area contributed by atoms with Crippen LogP contribution in [0.5, 0.6) is 5.75 Å². The smallest absolute Gasteiger partial charge is 0.137 e. The first kappa shape index (κ1) is 15.0. The molecule has 3 nitrogen and oxygen atoms in total. The SMILES string of the molecule is Cc1cc(F)ccc1C(c1ncccc1O)C1CCCCN1. The van der Waals surface area contributed by atoms with Crippen molar-refractivity contribution < 1.29 is 9.50 Å². The molecule has 2 aromatic rings. The van der Waals surface area contributed by atoms with E-state index >= 15 is 0 Å². The van der Waals surface area contributed by atoms with Gasteiger partial charge in [-0.3, -0.25) is 4.98 Å². The van der Waals surface area contributed by atoms with Crippen LogP contribution >= 0.6 is 0 Å². The van der Waals surface area contributed by atoms with Gasteiger partial charge < -0.3 is 10.4 Å². The molecule has 22 heavy (non-hydrogen) atoms. The largest absolute Gasteiger partial charge is 0.506 e.